The van der Waals surface area contributed by atoms with E-state index in [1.165, 1.54) is 0 Å². The molecule has 0 spiro atoms. The fourth-order valence-electron chi connectivity index (χ4n) is 3.07. The number of aromatic nitrogens is 4. The standard InChI is InChI=1S/C16H24N6O2/c1-12(11-24-2)22-9-6-15(20-22)18-16(23)21-8-3-4-13(10-21)14-5-7-17-19-14/h5-7,9,12-13H,3-4,8,10-11H2,1-2H3,(H,17,19)(H,18,20,23)/t12-,13+/m1/s1. The van der Waals surface area contributed by atoms with Crippen LogP contribution >= 0.6 is 0 Å². The Morgan fingerprint density at radius 1 is 1.54 bits per heavy atom. The quantitative estimate of drug-likeness (QED) is 0.879. The van der Waals surface area contributed by atoms with Crippen LogP contribution in [0.3, 0.4) is 0 Å². The molecule has 1 saturated heterocycles. The molecule has 2 aromatic heterocycles. The summed E-state index contributed by atoms with van der Waals surface area (Å²) in [6.45, 7) is 4.04. The number of aromatic amines is 1. The third-order valence-electron chi connectivity index (χ3n) is 4.37. The molecule has 0 radical (unpaired) electrons. The first-order valence-electron chi connectivity index (χ1n) is 8.26. The molecule has 1 aliphatic rings. The summed E-state index contributed by atoms with van der Waals surface area (Å²) in [4.78, 5) is 14.3. The molecule has 0 unspecified atom stereocenters. The monoisotopic (exact) mass is 332 g/mol. The van der Waals surface area contributed by atoms with Crippen molar-refractivity contribution in [3.63, 3.8) is 0 Å². The number of amides is 2. The SMILES string of the molecule is COC[C@@H](C)n1ccc(NC(=O)N2CCC[C@H](c3ccn[nH]3)C2)n1. The second-order valence-corrected chi connectivity index (χ2v) is 6.21. The number of ether oxygens (including phenoxy) is 1. The number of anilines is 1. The predicted octanol–water partition coefficient (Wildman–Crippen LogP) is 2.23. The molecule has 0 bridgehead atoms. The maximum Gasteiger partial charge on any atom is 0.323 e. The predicted molar refractivity (Wildman–Crippen MR) is 90.0 cm³/mol. The number of methoxy groups -OCH3 is 1. The van der Waals surface area contributed by atoms with Crippen molar-refractivity contribution in [3.05, 3.63) is 30.2 Å². The number of carbonyl (C=O) groups excluding carboxylic acids is 1. The van der Waals surface area contributed by atoms with E-state index in [0.29, 0.717) is 24.9 Å². The Kier molecular flexibility index (Phi) is 5.14. The first-order chi connectivity index (χ1) is 11.7. The van der Waals surface area contributed by atoms with Gasteiger partial charge in [-0.2, -0.15) is 10.2 Å². The van der Waals surface area contributed by atoms with Gasteiger partial charge in [-0.3, -0.25) is 15.1 Å². The summed E-state index contributed by atoms with van der Waals surface area (Å²) >= 11 is 0. The number of piperidine rings is 1. The summed E-state index contributed by atoms with van der Waals surface area (Å²) in [5, 5.41) is 14.3. The molecule has 3 heterocycles. The summed E-state index contributed by atoms with van der Waals surface area (Å²) in [5.41, 5.74) is 1.09. The van der Waals surface area contributed by atoms with E-state index in [-0.39, 0.29) is 12.1 Å². The minimum atomic E-state index is -0.108. The van der Waals surface area contributed by atoms with Gasteiger partial charge in [0.15, 0.2) is 5.82 Å². The number of nitrogens with zero attached hydrogens (tertiary/aromatic N) is 4. The van der Waals surface area contributed by atoms with Crippen molar-refractivity contribution in [2.45, 2.75) is 31.7 Å². The van der Waals surface area contributed by atoms with Gasteiger partial charge in [0, 0.05) is 50.3 Å². The van der Waals surface area contributed by atoms with Crippen molar-refractivity contribution in [3.8, 4) is 0 Å². The van der Waals surface area contributed by atoms with Crippen LogP contribution in [-0.4, -0.2) is 57.7 Å². The van der Waals surface area contributed by atoms with Gasteiger partial charge in [-0.15, -0.1) is 0 Å². The third-order valence-corrected chi connectivity index (χ3v) is 4.37. The Bertz CT molecular complexity index is 653. The molecule has 8 nitrogen and oxygen atoms in total. The van der Waals surface area contributed by atoms with Crippen LogP contribution in [0.5, 0.6) is 0 Å². The minimum absolute atomic E-state index is 0.108. The lowest BCUT2D eigenvalue weighted by Gasteiger charge is -2.32. The van der Waals surface area contributed by atoms with Crippen molar-refractivity contribution in [1.29, 1.82) is 0 Å². The number of likely N-dealkylation sites (tertiary alicyclic amines) is 1. The lowest BCUT2D eigenvalue weighted by atomic mass is 9.95. The van der Waals surface area contributed by atoms with Crippen molar-refractivity contribution >= 4 is 11.8 Å². The number of hydrogen-bond donors (Lipinski definition) is 2. The molecule has 0 aliphatic carbocycles. The molecule has 3 rings (SSSR count). The van der Waals surface area contributed by atoms with E-state index in [0.717, 1.165) is 25.1 Å². The van der Waals surface area contributed by atoms with Gasteiger partial charge in [0.2, 0.25) is 0 Å². The Hall–Kier alpha value is -2.35. The number of nitrogens with one attached hydrogen (secondary N) is 2. The van der Waals surface area contributed by atoms with E-state index < -0.39 is 0 Å². The van der Waals surface area contributed by atoms with Gasteiger partial charge in [0.25, 0.3) is 0 Å². The van der Waals surface area contributed by atoms with Gasteiger partial charge in [-0.05, 0) is 25.8 Å². The molecule has 2 aromatic rings. The van der Waals surface area contributed by atoms with E-state index in [4.69, 9.17) is 4.74 Å². The van der Waals surface area contributed by atoms with E-state index in [1.807, 2.05) is 24.1 Å². The second kappa shape index (κ2) is 7.48. The van der Waals surface area contributed by atoms with Crippen LogP contribution in [-0.2, 0) is 4.74 Å². The highest BCUT2D eigenvalue weighted by Crippen LogP contribution is 2.25. The van der Waals surface area contributed by atoms with Gasteiger partial charge in [0.1, 0.15) is 0 Å². The molecule has 2 atom stereocenters. The zero-order chi connectivity index (χ0) is 16.9. The Morgan fingerprint density at radius 3 is 3.17 bits per heavy atom. The van der Waals surface area contributed by atoms with E-state index in [9.17, 15) is 4.79 Å². The molecule has 1 aliphatic heterocycles. The molecule has 2 N–H and O–H groups in total. The number of carbonyl (C=O) groups is 1. The topological polar surface area (TPSA) is 88.1 Å². The van der Waals surface area contributed by atoms with Crippen molar-refractivity contribution < 1.29 is 9.53 Å². The fourth-order valence-corrected chi connectivity index (χ4v) is 3.07. The van der Waals surface area contributed by atoms with Crippen LogP contribution in [0.1, 0.15) is 37.4 Å². The van der Waals surface area contributed by atoms with Gasteiger partial charge in [-0.1, -0.05) is 0 Å². The van der Waals surface area contributed by atoms with Crippen LogP contribution in [0.25, 0.3) is 0 Å². The van der Waals surface area contributed by atoms with Gasteiger partial charge in [0.05, 0.1) is 12.6 Å². The van der Waals surface area contributed by atoms with Crippen LogP contribution in [0.2, 0.25) is 0 Å². The molecule has 24 heavy (non-hydrogen) atoms. The maximum atomic E-state index is 12.5. The minimum Gasteiger partial charge on any atom is -0.382 e. The maximum absolute atomic E-state index is 12.5. The normalized spacial score (nSPS) is 19.2. The van der Waals surface area contributed by atoms with Gasteiger partial charge >= 0.3 is 6.03 Å². The molecule has 0 aromatic carbocycles. The molecule has 8 heteroatoms. The highest BCUT2D eigenvalue weighted by Gasteiger charge is 2.26. The summed E-state index contributed by atoms with van der Waals surface area (Å²) in [6.07, 6.45) is 5.65. The zero-order valence-electron chi connectivity index (χ0n) is 14.1. The molecule has 1 fully saturated rings. The van der Waals surface area contributed by atoms with Crippen molar-refractivity contribution in [2.75, 3.05) is 32.1 Å². The van der Waals surface area contributed by atoms with Crippen LogP contribution in [0, 0.1) is 0 Å². The molecule has 130 valence electrons. The number of H-pyrrole nitrogens is 1. The number of urea groups is 1. The summed E-state index contributed by atoms with van der Waals surface area (Å²) in [5.74, 6) is 0.873. The fraction of sp³-hybridized carbons (Fsp3) is 0.562. The zero-order valence-corrected chi connectivity index (χ0v) is 14.1. The molecule has 2 amide bonds. The average Bonchev–Trinajstić information content (AvgIpc) is 3.27. The largest absolute Gasteiger partial charge is 0.382 e. The second-order valence-electron chi connectivity index (χ2n) is 6.21. The molecular formula is C16H24N6O2. The average molecular weight is 332 g/mol. The van der Waals surface area contributed by atoms with Crippen molar-refractivity contribution in [1.82, 2.24) is 24.9 Å². The van der Waals surface area contributed by atoms with Gasteiger partial charge < -0.3 is 9.64 Å². The van der Waals surface area contributed by atoms with Crippen LogP contribution in [0.4, 0.5) is 10.6 Å². The first kappa shape index (κ1) is 16.5. The highest BCUT2D eigenvalue weighted by molar-refractivity contribution is 5.88. The Balaban J connectivity index is 1.58. The molecular weight excluding hydrogens is 308 g/mol. The lowest BCUT2D eigenvalue weighted by Crippen LogP contribution is -2.41. The van der Waals surface area contributed by atoms with E-state index in [2.05, 4.69) is 20.6 Å². The van der Waals surface area contributed by atoms with Crippen LogP contribution < -0.4 is 5.32 Å². The molecule has 0 saturated carbocycles. The van der Waals surface area contributed by atoms with Crippen molar-refractivity contribution in [2.24, 2.45) is 0 Å². The van der Waals surface area contributed by atoms with Gasteiger partial charge in [-0.25, -0.2) is 4.79 Å². The Labute approximate surface area is 141 Å². The Morgan fingerprint density at radius 2 is 2.42 bits per heavy atom. The summed E-state index contributed by atoms with van der Waals surface area (Å²) in [7, 11) is 1.66. The lowest BCUT2D eigenvalue weighted by molar-refractivity contribution is 0.157. The summed E-state index contributed by atoms with van der Waals surface area (Å²) < 4.78 is 6.92. The highest BCUT2D eigenvalue weighted by atomic mass is 16.5. The number of hydrogen-bond acceptors (Lipinski definition) is 4. The van der Waals surface area contributed by atoms with Crippen LogP contribution in [0.15, 0.2) is 24.5 Å². The summed E-state index contributed by atoms with van der Waals surface area (Å²) in [6, 6.07) is 3.80. The third kappa shape index (κ3) is 3.76. The van der Waals surface area contributed by atoms with E-state index in [1.54, 1.807) is 24.1 Å². The smallest absolute Gasteiger partial charge is 0.323 e. The number of rotatable bonds is 5. The van der Waals surface area contributed by atoms with E-state index >= 15 is 0 Å². The first-order valence-corrected chi connectivity index (χ1v) is 8.26.